The number of aryl methyl sites for hydroxylation is 1. The molecular formula is C29H21ClFN3O2. The van der Waals surface area contributed by atoms with E-state index in [1.165, 1.54) is 18.2 Å². The normalized spacial score (nSPS) is 11.0. The molecule has 0 aliphatic carbocycles. The number of carbonyl (C=O) groups is 1. The Morgan fingerprint density at radius 3 is 2.47 bits per heavy atom. The molecule has 1 N–H and O–H groups in total. The van der Waals surface area contributed by atoms with Crippen LogP contribution in [0.4, 0.5) is 10.1 Å². The van der Waals surface area contributed by atoms with Crippen LogP contribution in [0, 0.1) is 12.7 Å². The quantitative estimate of drug-likeness (QED) is 0.303. The Bertz CT molecular complexity index is 1660. The van der Waals surface area contributed by atoms with Gasteiger partial charge in [0.25, 0.3) is 11.5 Å². The van der Waals surface area contributed by atoms with Crippen LogP contribution in [-0.2, 0) is 6.54 Å². The largest absolute Gasteiger partial charge is 0.322 e. The zero-order valence-corrected chi connectivity index (χ0v) is 20.1. The number of halogens is 2. The topological polar surface area (TPSA) is 64.0 Å². The second-order valence-corrected chi connectivity index (χ2v) is 8.86. The van der Waals surface area contributed by atoms with Crippen molar-refractivity contribution in [3.63, 3.8) is 0 Å². The van der Waals surface area contributed by atoms with E-state index in [0.717, 1.165) is 16.7 Å². The molecular weight excluding hydrogens is 477 g/mol. The van der Waals surface area contributed by atoms with Crippen LogP contribution in [0.3, 0.4) is 0 Å². The predicted molar refractivity (Wildman–Crippen MR) is 141 cm³/mol. The lowest BCUT2D eigenvalue weighted by Crippen LogP contribution is -2.24. The van der Waals surface area contributed by atoms with Gasteiger partial charge >= 0.3 is 0 Å². The van der Waals surface area contributed by atoms with E-state index in [0.29, 0.717) is 34.0 Å². The molecule has 0 aliphatic heterocycles. The molecule has 0 unspecified atom stereocenters. The van der Waals surface area contributed by atoms with Crippen LogP contribution < -0.4 is 10.9 Å². The minimum Gasteiger partial charge on any atom is -0.322 e. The molecule has 0 atom stereocenters. The van der Waals surface area contributed by atoms with Crippen LogP contribution in [0.2, 0.25) is 5.02 Å². The highest BCUT2D eigenvalue weighted by Gasteiger charge is 2.14. The van der Waals surface area contributed by atoms with E-state index in [9.17, 15) is 14.0 Å². The summed E-state index contributed by atoms with van der Waals surface area (Å²) in [5, 5.41) is 3.70. The van der Waals surface area contributed by atoms with E-state index in [4.69, 9.17) is 11.6 Å². The zero-order chi connectivity index (χ0) is 25.2. The van der Waals surface area contributed by atoms with Crippen LogP contribution >= 0.6 is 11.6 Å². The number of carbonyl (C=O) groups excluding carboxylic acids is 1. The fraction of sp³-hybridized carbons (Fsp3) is 0.0690. The standard InChI is InChI=1S/C29H21ClFN3O2/c1-18-32-27-14-13-23(33-28(35)24-7-2-3-8-26(24)31)16-25(27)29(36)34(18)17-19-9-11-20(12-10-19)21-5-4-6-22(30)15-21/h2-16H,17H2,1H3,(H,33,35). The molecule has 5 nitrogen and oxygen atoms in total. The van der Waals surface area contributed by atoms with Crippen LogP contribution in [-0.4, -0.2) is 15.5 Å². The number of rotatable bonds is 5. The van der Waals surface area contributed by atoms with Gasteiger partial charge in [-0.2, -0.15) is 0 Å². The maximum atomic E-state index is 14.0. The lowest BCUT2D eigenvalue weighted by Gasteiger charge is -2.13. The van der Waals surface area contributed by atoms with Crippen molar-refractivity contribution in [2.24, 2.45) is 0 Å². The van der Waals surface area contributed by atoms with E-state index in [-0.39, 0.29) is 11.1 Å². The van der Waals surface area contributed by atoms with Gasteiger partial charge in [0.2, 0.25) is 0 Å². The fourth-order valence-electron chi connectivity index (χ4n) is 4.09. The second-order valence-electron chi connectivity index (χ2n) is 8.42. The molecule has 0 bridgehead atoms. The average Bonchev–Trinajstić information content (AvgIpc) is 2.87. The molecule has 0 fully saturated rings. The Labute approximate surface area is 211 Å². The highest BCUT2D eigenvalue weighted by molar-refractivity contribution is 6.30. The van der Waals surface area contributed by atoms with Crippen molar-refractivity contribution in [3.8, 4) is 11.1 Å². The number of aromatic nitrogens is 2. The van der Waals surface area contributed by atoms with Gasteiger partial charge in [0, 0.05) is 10.7 Å². The number of benzene rings is 4. The molecule has 1 heterocycles. The van der Waals surface area contributed by atoms with Crippen molar-refractivity contribution in [1.29, 1.82) is 0 Å². The van der Waals surface area contributed by atoms with Crippen LogP contribution in [0.25, 0.3) is 22.0 Å². The van der Waals surface area contributed by atoms with Gasteiger partial charge in [-0.05, 0) is 66.1 Å². The maximum absolute atomic E-state index is 14.0. The number of fused-ring (bicyclic) bond motifs is 1. The van der Waals surface area contributed by atoms with Crippen molar-refractivity contribution in [3.05, 3.63) is 129 Å². The maximum Gasteiger partial charge on any atom is 0.261 e. The first-order valence-corrected chi connectivity index (χ1v) is 11.7. The molecule has 0 saturated carbocycles. The first-order valence-electron chi connectivity index (χ1n) is 11.3. The van der Waals surface area contributed by atoms with Gasteiger partial charge in [-0.1, -0.05) is 60.1 Å². The van der Waals surface area contributed by atoms with Crippen molar-refractivity contribution < 1.29 is 9.18 Å². The van der Waals surface area contributed by atoms with Gasteiger partial charge in [-0.3, -0.25) is 14.2 Å². The minimum atomic E-state index is -0.614. The van der Waals surface area contributed by atoms with E-state index in [1.807, 2.05) is 48.5 Å². The number of amides is 1. The Hall–Kier alpha value is -4.29. The smallest absolute Gasteiger partial charge is 0.261 e. The van der Waals surface area contributed by atoms with Gasteiger partial charge in [0.1, 0.15) is 11.6 Å². The Morgan fingerprint density at radius 2 is 1.72 bits per heavy atom. The molecule has 178 valence electrons. The summed E-state index contributed by atoms with van der Waals surface area (Å²) < 4.78 is 15.6. The SMILES string of the molecule is Cc1nc2ccc(NC(=O)c3ccccc3F)cc2c(=O)n1Cc1ccc(-c2cccc(Cl)c2)cc1. The third kappa shape index (κ3) is 4.76. The summed E-state index contributed by atoms with van der Waals surface area (Å²) in [5.74, 6) is -0.626. The van der Waals surface area contributed by atoms with E-state index >= 15 is 0 Å². The number of hydrogen-bond donors (Lipinski definition) is 1. The molecule has 0 aliphatic rings. The number of nitrogens with one attached hydrogen (secondary N) is 1. The van der Waals surface area contributed by atoms with Gasteiger partial charge in [-0.15, -0.1) is 0 Å². The molecule has 1 amide bonds. The summed E-state index contributed by atoms with van der Waals surface area (Å²) in [7, 11) is 0. The molecule has 36 heavy (non-hydrogen) atoms. The number of nitrogens with zero attached hydrogens (tertiary/aromatic N) is 2. The van der Waals surface area contributed by atoms with Crippen LogP contribution in [0.1, 0.15) is 21.7 Å². The lowest BCUT2D eigenvalue weighted by molar-refractivity contribution is 0.102. The second kappa shape index (κ2) is 9.76. The third-order valence-electron chi connectivity index (χ3n) is 5.97. The molecule has 5 rings (SSSR count). The monoisotopic (exact) mass is 497 g/mol. The highest BCUT2D eigenvalue weighted by atomic mass is 35.5. The highest BCUT2D eigenvalue weighted by Crippen LogP contribution is 2.23. The Balaban J connectivity index is 1.43. The van der Waals surface area contributed by atoms with Crippen LogP contribution in [0.5, 0.6) is 0 Å². The first kappa shape index (κ1) is 23.5. The molecule has 1 aromatic heterocycles. The molecule has 7 heteroatoms. The summed E-state index contributed by atoms with van der Waals surface area (Å²) in [6.07, 6.45) is 0. The Kier molecular flexibility index (Phi) is 6.36. The zero-order valence-electron chi connectivity index (χ0n) is 19.3. The third-order valence-corrected chi connectivity index (χ3v) is 6.21. The predicted octanol–water partition coefficient (Wildman–Crippen LogP) is 6.47. The lowest BCUT2D eigenvalue weighted by atomic mass is 10.0. The molecule has 0 saturated heterocycles. The average molecular weight is 498 g/mol. The number of hydrogen-bond acceptors (Lipinski definition) is 3. The summed E-state index contributed by atoms with van der Waals surface area (Å²) in [5.41, 5.74) is 3.59. The van der Waals surface area contributed by atoms with E-state index in [2.05, 4.69) is 10.3 Å². The van der Waals surface area contributed by atoms with Gasteiger partial charge in [0.15, 0.2) is 0 Å². The Morgan fingerprint density at radius 1 is 0.944 bits per heavy atom. The molecule has 4 aromatic carbocycles. The van der Waals surface area contributed by atoms with Crippen LogP contribution in [0.15, 0.2) is 95.8 Å². The van der Waals surface area contributed by atoms with E-state index in [1.54, 1.807) is 35.8 Å². The van der Waals surface area contributed by atoms with Crippen molar-refractivity contribution in [1.82, 2.24) is 9.55 Å². The van der Waals surface area contributed by atoms with Gasteiger partial charge < -0.3 is 5.32 Å². The molecule has 0 radical (unpaired) electrons. The van der Waals surface area contributed by atoms with Gasteiger partial charge in [0.05, 0.1) is 23.0 Å². The minimum absolute atomic E-state index is 0.0711. The summed E-state index contributed by atoms with van der Waals surface area (Å²) in [6.45, 7) is 2.13. The summed E-state index contributed by atoms with van der Waals surface area (Å²) >= 11 is 6.11. The number of anilines is 1. The van der Waals surface area contributed by atoms with E-state index < -0.39 is 11.7 Å². The van der Waals surface area contributed by atoms with Crippen molar-refractivity contribution in [2.75, 3.05) is 5.32 Å². The van der Waals surface area contributed by atoms with Gasteiger partial charge in [-0.25, -0.2) is 9.37 Å². The van der Waals surface area contributed by atoms with Crippen molar-refractivity contribution in [2.45, 2.75) is 13.5 Å². The molecule has 0 spiro atoms. The molecule has 5 aromatic rings. The first-order chi connectivity index (χ1) is 17.4. The summed E-state index contributed by atoms with van der Waals surface area (Å²) in [6, 6.07) is 26.2. The summed E-state index contributed by atoms with van der Waals surface area (Å²) in [4.78, 5) is 30.5. The fourth-order valence-corrected chi connectivity index (χ4v) is 4.28. The van der Waals surface area contributed by atoms with Crippen molar-refractivity contribution >= 4 is 34.1 Å².